The van der Waals surface area contributed by atoms with Crippen LogP contribution in [-0.4, -0.2) is 10.7 Å². The van der Waals surface area contributed by atoms with E-state index in [-0.39, 0.29) is 11.4 Å². The molecule has 0 amide bonds. The average Bonchev–Trinajstić information content (AvgIpc) is 3.05. The minimum Gasteiger partial charge on any atom is -0.357 e. The number of hydrogen-bond acceptors (Lipinski definition) is 1. The second kappa shape index (κ2) is 8.68. The maximum Gasteiger partial charge on any atom is 0.171 e. The third-order valence-corrected chi connectivity index (χ3v) is 6.02. The standard InChI is InChI=1S/C20H21BrClFN2S/c21-15-7-8-18(17(23)13-15)24-19(26)25-20(10-3-4-11-20)12-9-14-5-1-2-6-16(14)22/h1-2,5-8,13H,3-4,9-12H2,(H2,24,25,26). The van der Waals surface area contributed by atoms with Gasteiger partial charge in [-0.25, -0.2) is 4.39 Å². The van der Waals surface area contributed by atoms with Gasteiger partial charge in [0.1, 0.15) is 5.82 Å². The molecule has 1 saturated carbocycles. The van der Waals surface area contributed by atoms with Crippen molar-refractivity contribution in [2.75, 3.05) is 5.32 Å². The van der Waals surface area contributed by atoms with E-state index in [0.717, 1.165) is 36.3 Å². The summed E-state index contributed by atoms with van der Waals surface area (Å²) >= 11 is 15.0. The van der Waals surface area contributed by atoms with E-state index in [1.54, 1.807) is 12.1 Å². The lowest BCUT2D eigenvalue weighted by molar-refractivity contribution is 0.362. The molecule has 2 nitrogen and oxygen atoms in total. The van der Waals surface area contributed by atoms with E-state index >= 15 is 0 Å². The van der Waals surface area contributed by atoms with E-state index in [1.165, 1.54) is 18.9 Å². The zero-order valence-corrected chi connectivity index (χ0v) is 17.5. The largest absolute Gasteiger partial charge is 0.357 e. The molecule has 1 aliphatic rings. The van der Waals surface area contributed by atoms with Crippen molar-refractivity contribution in [3.8, 4) is 0 Å². The molecule has 3 rings (SSSR count). The van der Waals surface area contributed by atoms with Crippen molar-refractivity contribution in [3.63, 3.8) is 0 Å². The molecule has 0 aliphatic heterocycles. The van der Waals surface area contributed by atoms with E-state index in [9.17, 15) is 4.39 Å². The molecule has 6 heteroatoms. The van der Waals surface area contributed by atoms with E-state index in [4.69, 9.17) is 23.8 Å². The van der Waals surface area contributed by atoms with Crippen LogP contribution in [0, 0.1) is 5.82 Å². The van der Waals surface area contributed by atoms with Gasteiger partial charge in [0.05, 0.1) is 5.69 Å². The van der Waals surface area contributed by atoms with Gasteiger partial charge < -0.3 is 10.6 Å². The summed E-state index contributed by atoms with van der Waals surface area (Å²) in [4.78, 5) is 0. The fourth-order valence-corrected chi connectivity index (χ4v) is 4.44. The highest BCUT2D eigenvalue weighted by Crippen LogP contribution is 2.34. The summed E-state index contributed by atoms with van der Waals surface area (Å²) in [6.45, 7) is 0. The molecule has 0 saturated heterocycles. The van der Waals surface area contributed by atoms with Crippen LogP contribution in [0.25, 0.3) is 0 Å². The lowest BCUT2D eigenvalue weighted by Gasteiger charge is -2.32. The topological polar surface area (TPSA) is 24.1 Å². The number of halogens is 3. The number of hydrogen-bond donors (Lipinski definition) is 2. The molecule has 2 aromatic carbocycles. The maximum atomic E-state index is 14.0. The molecule has 1 fully saturated rings. The molecule has 0 spiro atoms. The summed E-state index contributed by atoms with van der Waals surface area (Å²) in [5.74, 6) is -0.333. The van der Waals surface area contributed by atoms with Crippen LogP contribution in [0.2, 0.25) is 5.02 Å². The summed E-state index contributed by atoms with van der Waals surface area (Å²) in [6.07, 6.45) is 6.29. The summed E-state index contributed by atoms with van der Waals surface area (Å²) in [5.41, 5.74) is 1.47. The molecule has 0 atom stereocenters. The maximum absolute atomic E-state index is 14.0. The monoisotopic (exact) mass is 454 g/mol. The van der Waals surface area contributed by atoms with Crippen LogP contribution in [0.1, 0.15) is 37.7 Å². The van der Waals surface area contributed by atoms with E-state index in [0.29, 0.717) is 15.3 Å². The Kier molecular flexibility index (Phi) is 6.54. The van der Waals surface area contributed by atoms with Crippen LogP contribution < -0.4 is 10.6 Å². The van der Waals surface area contributed by atoms with Gasteiger partial charge in [-0.05, 0) is 67.7 Å². The predicted molar refractivity (Wildman–Crippen MR) is 114 cm³/mol. The second-order valence-corrected chi connectivity index (χ2v) is 8.51. The molecule has 2 N–H and O–H groups in total. The van der Waals surface area contributed by atoms with Crippen molar-refractivity contribution in [2.24, 2.45) is 0 Å². The Labute approximate surface area is 172 Å². The number of nitrogens with one attached hydrogen (secondary N) is 2. The fraction of sp³-hybridized carbons (Fsp3) is 0.350. The van der Waals surface area contributed by atoms with Crippen LogP contribution in [0.4, 0.5) is 10.1 Å². The number of rotatable bonds is 5. The Bertz CT molecular complexity index is 793. The van der Waals surface area contributed by atoms with Crippen LogP contribution >= 0.6 is 39.7 Å². The lowest BCUT2D eigenvalue weighted by atomic mass is 9.89. The molecule has 0 heterocycles. The van der Waals surface area contributed by atoms with Gasteiger partial charge in [-0.15, -0.1) is 0 Å². The second-order valence-electron chi connectivity index (χ2n) is 6.78. The highest BCUT2D eigenvalue weighted by atomic mass is 79.9. The van der Waals surface area contributed by atoms with E-state index in [1.807, 2.05) is 18.2 Å². The van der Waals surface area contributed by atoms with Crippen LogP contribution in [0.15, 0.2) is 46.9 Å². The highest BCUT2D eigenvalue weighted by molar-refractivity contribution is 9.10. The molecule has 0 bridgehead atoms. The molecule has 0 radical (unpaired) electrons. The zero-order valence-electron chi connectivity index (χ0n) is 14.3. The van der Waals surface area contributed by atoms with Crippen LogP contribution in [-0.2, 0) is 6.42 Å². The molecule has 0 aromatic heterocycles. The van der Waals surface area contributed by atoms with Crippen molar-refractivity contribution in [1.29, 1.82) is 0 Å². The molecule has 0 unspecified atom stereocenters. The van der Waals surface area contributed by atoms with Gasteiger partial charge in [-0.2, -0.15) is 0 Å². The Balaban J connectivity index is 1.65. The molecule has 2 aromatic rings. The van der Waals surface area contributed by atoms with Gasteiger partial charge in [-0.1, -0.05) is 58.6 Å². The summed E-state index contributed by atoms with van der Waals surface area (Å²) in [7, 11) is 0. The minimum atomic E-state index is -0.333. The normalized spacial score (nSPS) is 15.7. The van der Waals surface area contributed by atoms with Gasteiger partial charge in [-0.3, -0.25) is 0 Å². The van der Waals surface area contributed by atoms with Crippen molar-refractivity contribution < 1.29 is 4.39 Å². The SMILES string of the molecule is Fc1cc(Br)ccc1NC(=S)NC1(CCc2ccccc2Cl)CCCC1. The van der Waals surface area contributed by atoms with E-state index < -0.39 is 0 Å². The number of aryl methyl sites for hydroxylation is 1. The first-order valence-electron chi connectivity index (χ1n) is 8.75. The first-order valence-corrected chi connectivity index (χ1v) is 10.3. The molecular formula is C20H21BrClFN2S. The van der Waals surface area contributed by atoms with Crippen molar-refractivity contribution in [1.82, 2.24) is 5.32 Å². The first kappa shape index (κ1) is 19.6. The highest BCUT2D eigenvalue weighted by Gasteiger charge is 2.34. The number of anilines is 1. The van der Waals surface area contributed by atoms with Gasteiger partial charge in [0, 0.05) is 15.0 Å². The summed E-state index contributed by atoms with van der Waals surface area (Å²) in [5, 5.41) is 7.74. The van der Waals surface area contributed by atoms with Crippen LogP contribution in [0.3, 0.4) is 0 Å². The first-order chi connectivity index (χ1) is 12.5. The number of thiocarbonyl (C=S) groups is 1. The van der Waals surface area contributed by atoms with Crippen LogP contribution in [0.5, 0.6) is 0 Å². The number of benzene rings is 2. The fourth-order valence-electron chi connectivity index (χ4n) is 3.55. The Hall–Kier alpha value is -1.17. The molecule has 138 valence electrons. The molecule has 26 heavy (non-hydrogen) atoms. The van der Waals surface area contributed by atoms with Gasteiger partial charge in [0.25, 0.3) is 0 Å². The Morgan fingerprint density at radius 1 is 1.19 bits per heavy atom. The van der Waals surface area contributed by atoms with Gasteiger partial charge >= 0.3 is 0 Å². The third kappa shape index (κ3) is 4.96. The minimum absolute atomic E-state index is 0.0604. The summed E-state index contributed by atoms with van der Waals surface area (Å²) < 4.78 is 14.7. The van der Waals surface area contributed by atoms with Crippen molar-refractivity contribution in [2.45, 2.75) is 44.1 Å². The molecule has 1 aliphatic carbocycles. The third-order valence-electron chi connectivity index (χ3n) is 4.95. The summed E-state index contributed by atoms with van der Waals surface area (Å²) in [6, 6.07) is 12.8. The zero-order chi connectivity index (χ0) is 18.6. The van der Waals surface area contributed by atoms with Crippen molar-refractivity contribution in [3.05, 3.63) is 63.3 Å². The average molecular weight is 456 g/mol. The van der Waals surface area contributed by atoms with E-state index in [2.05, 4.69) is 32.6 Å². The van der Waals surface area contributed by atoms with Gasteiger partial charge in [0.2, 0.25) is 0 Å². The lowest BCUT2D eigenvalue weighted by Crippen LogP contribution is -2.48. The predicted octanol–water partition coefficient (Wildman–Crippen LogP) is 6.47. The van der Waals surface area contributed by atoms with Crippen molar-refractivity contribution >= 4 is 50.5 Å². The quantitative estimate of drug-likeness (QED) is 0.505. The smallest absolute Gasteiger partial charge is 0.171 e. The Morgan fingerprint density at radius 3 is 2.62 bits per heavy atom. The Morgan fingerprint density at radius 2 is 1.92 bits per heavy atom. The van der Waals surface area contributed by atoms with Gasteiger partial charge in [0.15, 0.2) is 5.11 Å². The molecular weight excluding hydrogens is 435 g/mol.